The number of hydrogen-bond donors (Lipinski definition) is 0. The van der Waals surface area contributed by atoms with Gasteiger partial charge in [0, 0.05) is 0 Å². The van der Waals surface area contributed by atoms with E-state index in [1.165, 1.54) is 6.07 Å². The molecule has 0 saturated heterocycles. The van der Waals surface area contributed by atoms with Gasteiger partial charge < -0.3 is 0 Å². The average molecular weight is 149 g/mol. The van der Waals surface area contributed by atoms with Gasteiger partial charge in [0.1, 0.15) is 11.5 Å². The van der Waals surface area contributed by atoms with E-state index < -0.39 is 18.2 Å². The summed E-state index contributed by atoms with van der Waals surface area (Å²) in [6, 6.07) is 1.21. The minimum atomic E-state index is -4.71. The molecule has 10 heavy (non-hydrogen) atoms. The van der Waals surface area contributed by atoms with E-state index in [0.717, 1.165) is 0 Å². The number of hydrogen-bond acceptors (Lipinski definition) is 2. The van der Waals surface area contributed by atoms with E-state index in [0.29, 0.717) is 5.94 Å². The summed E-state index contributed by atoms with van der Waals surface area (Å²) in [6.45, 7) is 0. The topological polar surface area (TPSA) is 40.9 Å². The van der Waals surface area contributed by atoms with Crippen molar-refractivity contribution in [1.29, 1.82) is 5.26 Å². The molecule has 0 unspecified atom stereocenters. The first-order valence-corrected chi connectivity index (χ1v) is 2.20. The summed E-state index contributed by atoms with van der Waals surface area (Å²) in [5.74, 6) is 0.662. The van der Waals surface area contributed by atoms with Crippen LogP contribution in [0, 0.1) is 11.3 Å². The normalized spacial score (nSPS) is 9.80. The van der Waals surface area contributed by atoms with Crippen molar-refractivity contribution in [3.63, 3.8) is 0 Å². The maximum absolute atomic E-state index is 11.5. The lowest BCUT2D eigenvalue weighted by Crippen LogP contribution is -2.11. The summed E-state index contributed by atoms with van der Waals surface area (Å²) in [4.78, 5) is 9.51. The molecule has 0 aromatic rings. The summed E-state index contributed by atoms with van der Waals surface area (Å²) in [7, 11) is 0. The number of nitrogens with zero attached hydrogens (tertiary/aromatic N) is 1. The molecule has 0 saturated carbocycles. The largest absolute Gasteiger partial charge is 0.423 e. The third-order valence-electron chi connectivity index (χ3n) is 0.721. The molecule has 0 aromatic heterocycles. The quantitative estimate of drug-likeness (QED) is 0.526. The zero-order chi connectivity index (χ0) is 8.20. The van der Waals surface area contributed by atoms with Gasteiger partial charge in [-0.05, 0) is 0 Å². The maximum Gasteiger partial charge on any atom is 0.423 e. The molecular formula is C5H2F3NO. The molecule has 0 fully saturated rings. The Morgan fingerprint density at radius 3 is 2.10 bits per heavy atom. The predicted octanol–water partition coefficient (Wildman–Crippen LogP) is 1.22. The fourth-order valence-electron chi connectivity index (χ4n) is 0.273. The number of alkyl halides is 3. The first kappa shape index (κ1) is 8.73. The average Bonchev–Trinajstić information content (AvgIpc) is 1.80. The summed E-state index contributed by atoms with van der Waals surface area (Å²) < 4.78 is 34.4. The van der Waals surface area contributed by atoms with E-state index in [4.69, 9.17) is 5.26 Å². The second-order valence-electron chi connectivity index (χ2n) is 1.41. The van der Waals surface area contributed by atoms with Gasteiger partial charge in [-0.3, -0.25) is 0 Å². The lowest BCUT2D eigenvalue weighted by molar-refractivity contribution is -0.0913. The Morgan fingerprint density at radius 2 is 2.00 bits per heavy atom. The van der Waals surface area contributed by atoms with Gasteiger partial charge in [0.25, 0.3) is 0 Å². The van der Waals surface area contributed by atoms with E-state index in [1.807, 2.05) is 0 Å². The summed E-state index contributed by atoms with van der Waals surface area (Å²) in [6.07, 6.45) is -5.65. The van der Waals surface area contributed by atoms with Crippen LogP contribution >= 0.6 is 0 Å². The SMILES string of the molecule is N#CCC(=C=O)C(F)(F)F. The molecule has 0 amide bonds. The van der Waals surface area contributed by atoms with Gasteiger partial charge in [-0.2, -0.15) is 18.4 Å². The van der Waals surface area contributed by atoms with Crippen LogP contribution in [0.3, 0.4) is 0 Å². The molecule has 0 aliphatic carbocycles. The minimum absolute atomic E-state index is 0.662. The lowest BCUT2D eigenvalue weighted by atomic mass is 10.2. The fraction of sp³-hybridized carbons (Fsp3) is 0.400. The molecule has 0 N–H and O–H groups in total. The van der Waals surface area contributed by atoms with E-state index in [2.05, 4.69) is 0 Å². The highest BCUT2D eigenvalue weighted by Gasteiger charge is 2.34. The smallest absolute Gasteiger partial charge is 0.233 e. The first-order valence-electron chi connectivity index (χ1n) is 2.20. The molecule has 0 aliphatic rings. The van der Waals surface area contributed by atoms with Crippen LogP contribution in [0.4, 0.5) is 13.2 Å². The van der Waals surface area contributed by atoms with Crippen LogP contribution in [0.25, 0.3) is 0 Å². The van der Waals surface area contributed by atoms with Crippen LogP contribution in [-0.4, -0.2) is 12.1 Å². The molecule has 0 atom stereocenters. The molecule has 54 valence electrons. The van der Waals surface area contributed by atoms with Gasteiger partial charge in [-0.25, -0.2) is 4.79 Å². The molecule has 0 bridgehead atoms. The molecule has 5 heteroatoms. The number of rotatable bonds is 1. The lowest BCUT2D eigenvalue weighted by Gasteiger charge is -2.01. The third-order valence-corrected chi connectivity index (χ3v) is 0.721. The third kappa shape index (κ3) is 2.33. The van der Waals surface area contributed by atoms with Crippen LogP contribution in [-0.2, 0) is 4.79 Å². The van der Waals surface area contributed by atoms with Gasteiger partial charge in [0.2, 0.25) is 0 Å². The summed E-state index contributed by atoms with van der Waals surface area (Å²) >= 11 is 0. The van der Waals surface area contributed by atoms with Crippen molar-refractivity contribution in [2.24, 2.45) is 0 Å². The second-order valence-corrected chi connectivity index (χ2v) is 1.41. The Morgan fingerprint density at radius 1 is 1.50 bits per heavy atom. The molecule has 0 heterocycles. The number of halogens is 3. The molecule has 0 rings (SSSR count). The number of allylic oxidation sites excluding steroid dienone is 1. The molecule has 0 radical (unpaired) electrons. The second kappa shape index (κ2) is 3.04. The van der Waals surface area contributed by atoms with Gasteiger partial charge in [-0.1, -0.05) is 0 Å². The highest BCUT2D eigenvalue weighted by atomic mass is 19.4. The van der Waals surface area contributed by atoms with Crippen molar-refractivity contribution in [3.05, 3.63) is 5.57 Å². The zero-order valence-corrected chi connectivity index (χ0v) is 4.70. The molecule has 0 spiro atoms. The molecule has 2 nitrogen and oxygen atoms in total. The van der Waals surface area contributed by atoms with Gasteiger partial charge in [0.15, 0.2) is 0 Å². The predicted molar refractivity (Wildman–Crippen MR) is 25.5 cm³/mol. The van der Waals surface area contributed by atoms with Crippen LogP contribution in [0.5, 0.6) is 0 Å². The first-order chi connectivity index (χ1) is 4.52. The number of carbonyl (C=O) groups excluding carboxylic acids is 1. The Labute approximate surface area is 54.6 Å². The van der Waals surface area contributed by atoms with Crippen molar-refractivity contribution >= 4 is 5.94 Å². The Balaban J connectivity index is 4.44. The summed E-state index contributed by atoms with van der Waals surface area (Å²) in [5, 5.41) is 7.78. The Hall–Kier alpha value is -1.27. The monoisotopic (exact) mass is 149 g/mol. The van der Waals surface area contributed by atoms with E-state index >= 15 is 0 Å². The van der Waals surface area contributed by atoms with Crippen molar-refractivity contribution in [2.75, 3.05) is 0 Å². The van der Waals surface area contributed by atoms with Crippen molar-refractivity contribution in [3.8, 4) is 6.07 Å². The van der Waals surface area contributed by atoms with Crippen LogP contribution in [0.2, 0.25) is 0 Å². The fourth-order valence-corrected chi connectivity index (χ4v) is 0.273. The number of nitriles is 1. The zero-order valence-electron chi connectivity index (χ0n) is 4.70. The summed E-state index contributed by atoms with van der Waals surface area (Å²) in [5.41, 5.74) is -1.46. The molecular weight excluding hydrogens is 147 g/mol. The molecule has 0 aromatic carbocycles. The molecule has 0 aliphatic heterocycles. The van der Waals surface area contributed by atoms with E-state index in [1.54, 1.807) is 0 Å². The van der Waals surface area contributed by atoms with Crippen LogP contribution < -0.4 is 0 Å². The van der Waals surface area contributed by atoms with Crippen LogP contribution in [0.1, 0.15) is 6.42 Å². The standard InChI is InChI=1S/C5H2F3NO/c6-5(7,8)4(3-10)1-2-9/h1H2. The van der Waals surface area contributed by atoms with Gasteiger partial charge >= 0.3 is 6.18 Å². The van der Waals surface area contributed by atoms with E-state index in [-0.39, 0.29) is 0 Å². The van der Waals surface area contributed by atoms with E-state index in [9.17, 15) is 18.0 Å². The Kier molecular flexibility index (Phi) is 2.65. The van der Waals surface area contributed by atoms with Crippen LogP contribution in [0.15, 0.2) is 5.57 Å². The van der Waals surface area contributed by atoms with Gasteiger partial charge in [0.05, 0.1) is 12.5 Å². The highest BCUT2D eigenvalue weighted by molar-refractivity contribution is 5.55. The highest BCUT2D eigenvalue weighted by Crippen LogP contribution is 2.25. The van der Waals surface area contributed by atoms with Crippen molar-refractivity contribution in [1.82, 2.24) is 0 Å². The maximum atomic E-state index is 11.5. The van der Waals surface area contributed by atoms with Gasteiger partial charge in [-0.15, -0.1) is 0 Å². The van der Waals surface area contributed by atoms with Crippen molar-refractivity contribution < 1.29 is 18.0 Å². The Bertz CT molecular complexity index is 206. The minimum Gasteiger partial charge on any atom is -0.233 e. The van der Waals surface area contributed by atoms with Crippen molar-refractivity contribution in [2.45, 2.75) is 12.6 Å².